The van der Waals surface area contributed by atoms with Gasteiger partial charge in [0.05, 0.1) is 27.0 Å². The van der Waals surface area contributed by atoms with E-state index in [9.17, 15) is 39.9 Å². The summed E-state index contributed by atoms with van der Waals surface area (Å²) in [5.74, 6) is -6.65. The number of sulfonamides is 1. The van der Waals surface area contributed by atoms with Crippen LogP contribution in [0.15, 0.2) is 35.2 Å². The molecule has 2 aromatic rings. The predicted molar refractivity (Wildman–Crippen MR) is 134 cm³/mol. The van der Waals surface area contributed by atoms with Gasteiger partial charge >= 0.3 is 0 Å². The highest BCUT2D eigenvalue weighted by molar-refractivity contribution is 7.92. The van der Waals surface area contributed by atoms with Crippen LogP contribution in [-0.4, -0.2) is 51.5 Å². The number of anilines is 1. The normalized spacial score (nSPS) is 27.3. The maximum Gasteiger partial charge on any atom is 0.255 e. The van der Waals surface area contributed by atoms with Crippen LogP contribution >= 0.6 is 11.6 Å². The van der Waals surface area contributed by atoms with Crippen molar-refractivity contribution in [2.24, 2.45) is 17.8 Å². The summed E-state index contributed by atoms with van der Waals surface area (Å²) in [4.78, 5) is 12.4. The highest BCUT2D eigenvalue weighted by atomic mass is 35.5. The summed E-state index contributed by atoms with van der Waals surface area (Å²) in [7, 11) is -7.69. The first-order valence-electron chi connectivity index (χ1n) is 11.7. The number of aliphatic hydroxyl groups is 1. The van der Waals surface area contributed by atoms with E-state index < -0.39 is 65.9 Å². The summed E-state index contributed by atoms with van der Waals surface area (Å²) >= 11 is 6.22. The first-order chi connectivity index (χ1) is 17.5. The molecule has 0 aromatic heterocycles. The van der Waals surface area contributed by atoms with E-state index >= 15 is 0 Å². The number of amides is 1. The van der Waals surface area contributed by atoms with E-state index in [-0.39, 0.29) is 46.5 Å². The largest absolute Gasteiger partial charge is 0.388 e. The maximum absolute atomic E-state index is 13.7. The van der Waals surface area contributed by atoms with Crippen LogP contribution < -0.4 is 10.0 Å². The number of rotatable bonds is 7. The molecule has 2 fully saturated rings. The Bertz CT molecular complexity index is 1480. The first kappa shape index (κ1) is 28.8. The summed E-state index contributed by atoms with van der Waals surface area (Å²) in [5, 5.41) is 12.5. The van der Waals surface area contributed by atoms with E-state index in [1.807, 2.05) is 6.92 Å². The van der Waals surface area contributed by atoms with Crippen molar-refractivity contribution in [2.75, 3.05) is 18.1 Å². The Morgan fingerprint density at radius 1 is 1.08 bits per heavy atom. The Kier molecular flexibility index (Phi) is 7.65. The summed E-state index contributed by atoms with van der Waals surface area (Å²) < 4.78 is 93.1. The average molecular weight is 595 g/mol. The fraction of sp³-hybridized carbons (Fsp3) is 0.458. The van der Waals surface area contributed by atoms with Crippen molar-refractivity contribution in [2.45, 2.75) is 41.9 Å². The van der Waals surface area contributed by atoms with Crippen molar-refractivity contribution in [1.29, 1.82) is 0 Å². The van der Waals surface area contributed by atoms with Crippen LogP contribution in [0.5, 0.6) is 0 Å². The van der Waals surface area contributed by atoms with E-state index in [0.717, 1.165) is 12.3 Å². The Morgan fingerprint density at radius 2 is 1.71 bits per heavy atom. The summed E-state index contributed by atoms with van der Waals surface area (Å²) in [6, 6.07) is 4.67. The molecule has 8 nitrogen and oxygen atoms in total. The molecule has 1 amide bonds. The SMILES string of the molecule is C[C@H]1CC2CC(S(=O)(=O)c3cc(C(=O)Nc4cc(F)c(F)c(F)c4)ccc3Cl)CC1[C@]2(O)CNS(C)(=O)=O. The van der Waals surface area contributed by atoms with Gasteiger partial charge in [0, 0.05) is 29.9 Å². The molecule has 0 saturated heterocycles. The third-order valence-electron chi connectivity index (χ3n) is 7.55. The Morgan fingerprint density at radius 3 is 2.29 bits per heavy atom. The van der Waals surface area contributed by atoms with Crippen molar-refractivity contribution < 1.29 is 39.9 Å². The number of nitrogens with one attached hydrogen (secondary N) is 2. The van der Waals surface area contributed by atoms with E-state index in [2.05, 4.69) is 10.0 Å². The zero-order valence-corrected chi connectivity index (χ0v) is 22.7. The van der Waals surface area contributed by atoms with Gasteiger partial charge in [0.15, 0.2) is 27.3 Å². The van der Waals surface area contributed by atoms with Crippen LogP contribution in [0.25, 0.3) is 0 Å². The van der Waals surface area contributed by atoms with Gasteiger partial charge in [0.2, 0.25) is 10.0 Å². The minimum Gasteiger partial charge on any atom is -0.388 e. The lowest BCUT2D eigenvalue weighted by atomic mass is 9.73. The van der Waals surface area contributed by atoms with Crippen LogP contribution in [0.3, 0.4) is 0 Å². The van der Waals surface area contributed by atoms with Crippen LogP contribution in [-0.2, 0) is 19.9 Å². The number of carbonyl (C=O) groups excluding carboxylic acids is 1. The van der Waals surface area contributed by atoms with Crippen LogP contribution in [0.2, 0.25) is 5.02 Å². The molecule has 2 bridgehead atoms. The molecule has 3 unspecified atom stereocenters. The summed E-state index contributed by atoms with van der Waals surface area (Å²) in [6.07, 6.45) is 1.61. The molecule has 2 aromatic carbocycles. The lowest BCUT2D eigenvalue weighted by Crippen LogP contribution is -2.55. The standard InChI is InChI=1S/C24H26ClF3N2O6S2/c1-12-5-14-7-16(10-17(12)24(14,32)11-29-37(2,33)34)38(35,36)21-6-13(3-4-18(21)25)23(31)30-15-8-19(26)22(28)20(27)9-15/h3-4,6,8-9,12,14,16-17,29,32H,5,7,10-11H2,1-2H3,(H,30,31)/t12-,14?,16?,17?,24-/m0/s1. The molecule has 14 heteroatoms. The molecule has 0 radical (unpaired) electrons. The fourth-order valence-electron chi connectivity index (χ4n) is 5.69. The van der Waals surface area contributed by atoms with Crippen LogP contribution in [0.4, 0.5) is 18.9 Å². The van der Waals surface area contributed by atoms with Gasteiger partial charge in [-0.15, -0.1) is 0 Å². The lowest BCUT2D eigenvalue weighted by molar-refractivity contribution is -0.0576. The van der Waals surface area contributed by atoms with Gasteiger partial charge in [-0.05, 0) is 55.2 Å². The van der Waals surface area contributed by atoms with Crippen molar-refractivity contribution in [3.63, 3.8) is 0 Å². The second kappa shape index (κ2) is 10.1. The van der Waals surface area contributed by atoms with Crippen molar-refractivity contribution in [1.82, 2.24) is 4.72 Å². The second-order valence-electron chi connectivity index (χ2n) is 10.1. The highest BCUT2D eigenvalue weighted by Gasteiger charge is 2.58. The molecular formula is C24H26ClF3N2O6S2. The third-order valence-corrected chi connectivity index (χ3v) is 10.9. The molecule has 0 aliphatic heterocycles. The maximum atomic E-state index is 13.7. The molecule has 4 rings (SSSR count). The number of sulfone groups is 1. The second-order valence-corrected chi connectivity index (χ2v) is 14.5. The number of benzene rings is 2. The Labute approximate surface area is 223 Å². The number of hydrogen-bond acceptors (Lipinski definition) is 6. The van der Waals surface area contributed by atoms with Gasteiger partial charge in [-0.1, -0.05) is 18.5 Å². The summed E-state index contributed by atoms with van der Waals surface area (Å²) in [6.45, 7) is 1.66. The average Bonchev–Trinajstić information content (AvgIpc) is 2.94. The molecule has 3 N–H and O–H groups in total. The molecule has 2 saturated carbocycles. The van der Waals surface area contributed by atoms with Gasteiger partial charge in [-0.2, -0.15) is 0 Å². The quantitative estimate of drug-likeness (QED) is 0.421. The molecule has 2 aliphatic carbocycles. The van der Waals surface area contributed by atoms with Gasteiger partial charge < -0.3 is 10.4 Å². The van der Waals surface area contributed by atoms with Crippen molar-refractivity contribution in [3.05, 3.63) is 58.4 Å². The molecule has 0 spiro atoms. The number of fused-ring (bicyclic) bond motifs is 2. The predicted octanol–water partition coefficient (Wildman–Crippen LogP) is 3.50. The van der Waals surface area contributed by atoms with Crippen LogP contribution in [0, 0.1) is 35.2 Å². The van der Waals surface area contributed by atoms with Crippen molar-refractivity contribution >= 4 is 43.1 Å². The minimum absolute atomic E-state index is 0.0584. The molecular weight excluding hydrogens is 569 g/mol. The lowest BCUT2D eigenvalue weighted by Gasteiger charge is -2.43. The van der Waals surface area contributed by atoms with Gasteiger partial charge in [-0.3, -0.25) is 4.79 Å². The monoisotopic (exact) mass is 594 g/mol. The molecule has 2 aliphatic rings. The molecule has 208 valence electrons. The molecule has 0 heterocycles. The number of halogens is 4. The van der Waals surface area contributed by atoms with E-state index in [4.69, 9.17) is 11.6 Å². The minimum atomic E-state index is -4.11. The van der Waals surface area contributed by atoms with E-state index in [1.165, 1.54) is 12.1 Å². The Hall–Kier alpha value is -2.19. The van der Waals surface area contributed by atoms with Gasteiger partial charge in [-0.25, -0.2) is 34.7 Å². The zero-order valence-electron chi connectivity index (χ0n) is 20.3. The number of hydrogen-bond donors (Lipinski definition) is 3. The van der Waals surface area contributed by atoms with Gasteiger partial charge in [0.1, 0.15) is 0 Å². The zero-order chi connectivity index (χ0) is 28.2. The first-order valence-corrected chi connectivity index (χ1v) is 15.5. The highest BCUT2D eigenvalue weighted by Crippen LogP contribution is 2.54. The topological polar surface area (TPSA) is 130 Å². The fourth-order valence-corrected chi connectivity index (χ4v) is 8.56. The molecule has 5 atom stereocenters. The smallest absolute Gasteiger partial charge is 0.255 e. The van der Waals surface area contributed by atoms with Gasteiger partial charge in [0.25, 0.3) is 5.91 Å². The van der Waals surface area contributed by atoms with Crippen molar-refractivity contribution in [3.8, 4) is 0 Å². The Balaban J connectivity index is 1.59. The molecule has 38 heavy (non-hydrogen) atoms. The van der Waals surface area contributed by atoms with Crippen LogP contribution in [0.1, 0.15) is 36.5 Å². The summed E-state index contributed by atoms with van der Waals surface area (Å²) in [5.41, 5.74) is -1.94. The third kappa shape index (κ3) is 5.44. The van der Waals surface area contributed by atoms with E-state index in [1.54, 1.807) is 0 Å². The van der Waals surface area contributed by atoms with E-state index in [0.29, 0.717) is 18.6 Å². The number of carbonyl (C=O) groups is 1.